The molecule has 7 nitrogen and oxygen atoms in total. The van der Waals surface area contributed by atoms with Crippen LogP contribution in [0.3, 0.4) is 0 Å². The molecule has 4 heterocycles. The van der Waals surface area contributed by atoms with Crippen LogP contribution < -0.4 is 15.8 Å². The lowest BCUT2D eigenvalue weighted by molar-refractivity contribution is 0.112. The highest BCUT2D eigenvalue weighted by molar-refractivity contribution is 7.15. The molecule has 1 saturated heterocycles. The van der Waals surface area contributed by atoms with Crippen molar-refractivity contribution in [1.29, 1.82) is 0 Å². The number of anilines is 2. The number of rotatable bonds is 4. The van der Waals surface area contributed by atoms with E-state index in [-0.39, 0.29) is 5.56 Å². The number of nitrogens with zero attached hydrogens (tertiary/aromatic N) is 3. The van der Waals surface area contributed by atoms with Crippen molar-refractivity contribution in [2.45, 2.75) is 38.3 Å². The molecular weight excluding hydrogens is 326 g/mol. The number of piperidine rings is 1. The molecule has 0 bridgehead atoms. The van der Waals surface area contributed by atoms with Gasteiger partial charge in [0.15, 0.2) is 5.13 Å². The predicted octanol–water partition coefficient (Wildman–Crippen LogP) is 1.77. The van der Waals surface area contributed by atoms with Crippen molar-refractivity contribution in [3.63, 3.8) is 0 Å². The van der Waals surface area contributed by atoms with E-state index >= 15 is 0 Å². The summed E-state index contributed by atoms with van der Waals surface area (Å²) >= 11 is 1.69. The minimum absolute atomic E-state index is 0.166. The Morgan fingerprint density at radius 1 is 1.42 bits per heavy atom. The predicted molar refractivity (Wildman–Crippen MR) is 93.8 cm³/mol. The van der Waals surface area contributed by atoms with Crippen molar-refractivity contribution < 1.29 is 4.74 Å². The molecule has 1 unspecified atom stereocenters. The van der Waals surface area contributed by atoms with Gasteiger partial charge in [0.05, 0.1) is 23.8 Å². The lowest BCUT2D eigenvalue weighted by atomic mass is 10.0. The van der Waals surface area contributed by atoms with Gasteiger partial charge in [-0.25, -0.2) is 10.1 Å². The van der Waals surface area contributed by atoms with Crippen LogP contribution in [0.5, 0.6) is 0 Å². The molecule has 2 aliphatic rings. The van der Waals surface area contributed by atoms with E-state index in [1.54, 1.807) is 17.4 Å². The van der Waals surface area contributed by atoms with Crippen LogP contribution in [0.25, 0.3) is 0 Å². The Labute approximate surface area is 144 Å². The molecule has 0 aromatic carbocycles. The minimum Gasteiger partial charge on any atom is -0.375 e. The highest BCUT2D eigenvalue weighted by Crippen LogP contribution is 2.28. The molecule has 2 N–H and O–H groups in total. The summed E-state index contributed by atoms with van der Waals surface area (Å²) in [6, 6.07) is 3.70. The summed E-state index contributed by atoms with van der Waals surface area (Å²) in [5, 5.41) is 11.2. The number of thiazole rings is 1. The van der Waals surface area contributed by atoms with Crippen molar-refractivity contribution in [1.82, 2.24) is 15.2 Å². The van der Waals surface area contributed by atoms with Gasteiger partial charge in [-0.2, -0.15) is 5.10 Å². The van der Waals surface area contributed by atoms with E-state index in [9.17, 15) is 4.79 Å². The molecule has 0 amide bonds. The largest absolute Gasteiger partial charge is 0.375 e. The van der Waals surface area contributed by atoms with Crippen LogP contribution in [-0.2, 0) is 17.8 Å². The van der Waals surface area contributed by atoms with Gasteiger partial charge in [0, 0.05) is 31.6 Å². The first-order chi connectivity index (χ1) is 11.8. The highest BCUT2D eigenvalue weighted by Gasteiger charge is 2.24. The van der Waals surface area contributed by atoms with Gasteiger partial charge in [0.25, 0.3) is 5.56 Å². The zero-order chi connectivity index (χ0) is 16.4. The summed E-state index contributed by atoms with van der Waals surface area (Å²) in [6.45, 7) is 3.25. The van der Waals surface area contributed by atoms with E-state index < -0.39 is 0 Å². The van der Waals surface area contributed by atoms with Crippen LogP contribution in [0.2, 0.25) is 0 Å². The van der Waals surface area contributed by atoms with E-state index in [1.807, 2.05) is 0 Å². The quantitative estimate of drug-likeness (QED) is 0.877. The van der Waals surface area contributed by atoms with E-state index in [2.05, 4.69) is 20.4 Å². The summed E-state index contributed by atoms with van der Waals surface area (Å²) < 4.78 is 5.49. The fourth-order valence-corrected chi connectivity index (χ4v) is 4.27. The van der Waals surface area contributed by atoms with E-state index in [0.29, 0.717) is 12.6 Å². The molecule has 2 aromatic rings. The standard InChI is InChI=1S/C16H21N5O2S/c22-15-5-4-14(19-20-15)21-7-2-1-3-11(21)9-17-16-18-12-6-8-23-10-13(12)24-16/h4-5,11H,1-3,6-10H2,(H,17,18)(H,20,22). The molecule has 24 heavy (non-hydrogen) atoms. The van der Waals surface area contributed by atoms with Gasteiger partial charge in [0.2, 0.25) is 0 Å². The average molecular weight is 347 g/mol. The SMILES string of the molecule is O=c1ccc(N2CCCCC2CNc2nc3c(s2)COCC3)n[nH]1. The smallest absolute Gasteiger partial charge is 0.264 e. The van der Waals surface area contributed by atoms with Gasteiger partial charge in [0.1, 0.15) is 5.82 Å². The van der Waals surface area contributed by atoms with Crippen molar-refractivity contribution >= 4 is 22.3 Å². The fraction of sp³-hybridized carbons (Fsp3) is 0.562. The van der Waals surface area contributed by atoms with Crippen molar-refractivity contribution in [2.75, 3.05) is 29.9 Å². The normalized spacial score (nSPS) is 20.7. The number of hydrogen-bond acceptors (Lipinski definition) is 7. The lowest BCUT2D eigenvalue weighted by Crippen LogP contribution is -2.44. The van der Waals surface area contributed by atoms with Crippen LogP contribution in [0, 0.1) is 0 Å². The Morgan fingerprint density at radius 2 is 2.38 bits per heavy atom. The van der Waals surface area contributed by atoms with Crippen LogP contribution >= 0.6 is 11.3 Å². The molecule has 8 heteroatoms. The van der Waals surface area contributed by atoms with Gasteiger partial charge >= 0.3 is 0 Å². The summed E-state index contributed by atoms with van der Waals surface area (Å²) in [6.07, 6.45) is 4.39. The van der Waals surface area contributed by atoms with E-state index in [0.717, 1.165) is 49.9 Å². The number of fused-ring (bicyclic) bond motifs is 1. The average Bonchev–Trinajstić information content (AvgIpc) is 3.04. The molecule has 2 aromatic heterocycles. The molecule has 2 aliphatic heterocycles. The second kappa shape index (κ2) is 6.90. The molecule has 0 radical (unpaired) electrons. The maximum Gasteiger partial charge on any atom is 0.264 e. The topological polar surface area (TPSA) is 83.1 Å². The number of aromatic nitrogens is 3. The molecule has 1 fully saturated rings. The van der Waals surface area contributed by atoms with Gasteiger partial charge in [-0.3, -0.25) is 4.79 Å². The van der Waals surface area contributed by atoms with Crippen molar-refractivity contribution in [3.8, 4) is 0 Å². The molecule has 0 spiro atoms. The van der Waals surface area contributed by atoms with Crippen LogP contribution in [-0.4, -0.2) is 40.9 Å². The number of nitrogens with one attached hydrogen (secondary N) is 2. The third-order valence-electron chi connectivity index (χ3n) is 4.57. The fourth-order valence-electron chi connectivity index (χ4n) is 3.32. The Bertz CT molecular complexity index is 715. The minimum atomic E-state index is -0.166. The molecule has 0 saturated carbocycles. The van der Waals surface area contributed by atoms with Crippen LogP contribution in [0.1, 0.15) is 29.8 Å². The summed E-state index contributed by atoms with van der Waals surface area (Å²) in [5.41, 5.74) is 1.01. The molecule has 0 aliphatic carbocycles. The third-order valence-corrected chi connectivity index (χ3v) is 5.60. The second-order valence-corrected chi connectivity index (χ2v) is 7.28. The van der Waals surface area contributed by atoms with E-state index in [1.165, 1.54) is 23.1 Å². The summed E-state index contributed by atoms with van der Waals surface area (Å²) in [4.78, 5) is 19.4. The summed E-state index contributed by atoms with van der Waals surface area (Å²) in [5.74, 6) is 0.841. The molecule has 128 valence electrons. The van der Waals surface area contributed by atoms with Crippen LogP contribution in [0.4, 0.5) is 10.9 Å². The maximum absolute atomic E-state index is 11.2. The first-order valence-electron chi connectivity index (χ1n) is 8.42. The number of hydrogen-bond donors (Lipinski definition) is 2. The van der Waals surface area contributed by atoms with Gasteiger partial charge < -0.3 is 15.0 Å². The summed E-state index contributed by atoms with van der Waals surface area (Å²) in [7, 11) is 0. The Balaban J connectivity index is 1.44. The number of H-pyrrole nitrogens is 1. The maximum atomic E-state index is 11.2. The van der Waals surface area contributed by atoms with Gasteiger partial charge in [-0.05, 0) is 25.3 Å². The first-order valence-corrected chi connectivity index (χ1v) is 9.24. The van der Waals surface area contributed by atoms with E-state index in [4.69, 9.17) is 9.72 Å². The third kappa shape index (κ3) is 3.29. The van der Waals surface area contributed by atoms with Crippen molar-refractivity contribution in [3.05, 3.63) is 33.1 Å². The van der Waals surface area contributed by atoms with Gasteiger partial charge in [-0.1, -0.05) is 11.3 Å². The highest BCUT2D eigenvalue weighted by atomic mass is 32.1. The molecule has 1 atom stereocenters. The lowest BCUT2D eigenvalue weighted by Gasteiger charge is -2.36. The monoisotopic (exact) mass is 347 g/mol. The first kappa shape index (κ1) is 15.6. The zero-order valence-electron chi connectivity index (χ0n) is 13.5. The molecular formula is C16H21N5O2S. The van der Waals surface area contributed by atoms with Gasteiger partial charge in [-0.15, -0.1) is 0 Å². The second-order valence-electron chi connectivity index (χ2n) is 6.19. The van der Waals surface area contributed by atoms with Crippen LogP contribution in [0.15, 0.2) is 16.9 Å². The van der Waals surface area contributed by atoms with Crippen molar-refractivity contribution in [2.24, 2.45) is 0 Å². The number of aromatic amines is 1. The zero-order valence-corrected chi connectivity index (χ0v) is 14.3. The molecule has 4 rings (SSSR count). The Kier molecular flexibility index (Phi) is 4.48. The number of ether oxygens (including phenoxy) is 1. The Hall–Kier alpha value is -1.93. The Morgan fingerprint density at radius 3 is 3.21 bits per heavy atom.